The maximum atomic E-state index is 12.7. The third-order valence-corrected chi connectivity index (χ3v) is 22.0. The van der Waals surface area contributed by atoms with Gasteiger partial charge in [-0.25, -0.2) is 0 Å². The number of aliphatic hydroxyl groups excluding tert-OH is 14. The number of hydrogen-bond acceptors (Lipinski definition) is 22. The average molecular weight is 1110 g/mol. The van der Waals surface area contributed by atoms with Crippen molar-refractivity contribution in [3.63, 3.8) is 0 Å². The van der Waals surface area contributed by atoms with Crippen LogP contribution < -0.4 is 0 Å². The standard InChI is InChI=1S/C54H88O23/c1-49(2)17-24-23-8-9-30-51(4)12-11-31(52(5,21-57)29(51)10-13-54(30,7)53(23,6)15-14-50(24,3)44(43(49)68)77-46-39(66)33(60)25(58)20-71-46)72-26-16-22(45(69)70)32(59)37(64)41(26)75-48-42(38(65)35(62)28(19-56)74-48)76-47-40(67)36(63)34(61)27(18-55)73-47/h8,22,24-44,46-48,55-68H,9-21H2,1-7H3,(H,69,70)/t22?,24?,25-,26+,27?,28?,29?,30?,31-,32+,33+,34+,35-,36+,37+,38+,39?,40?,41?,42?,43?,44?,46-,47-,48-,50+,51-,52+,53+,54+/m0/s1. The van der Waals surface area contributed by atoms with E-state index >= 15 is 0 Å². The van der Waals surface area contributed by atoms with Gasteiger partial charge in [-0.05, 0) is 97.2 Å². The van der Waals surface area contributed by atoms with Crippen molar-refractivity contribution in [1.29, 1.82) is 0 Å². The molecule has 442 valence electrons. The lowest BCUT2D eigenvalue weighted by atomic mass is 9.33. The quantitative estimate of drug-likeness (QED) is 0.0920. The Balaban J connectivity index is 0.984. The molecule has 0 bridgehead atoms. The number of fused-ring (bicyclic) bond motifs is 7. The molecule has 5 saturated carbocycles. The van der Waals surface area contributed by atoms with Gasteiger partial charge in [0.25, 0.3) is 0 Å². The van der Waals surface area contributed by atoms with Gasteiger partial charge in [-0.2, -0.15) is 0 Å². The molecule has 30 atom stereocenters. The van der Waals surface area contributed by atoms with Crippen LogP contribution in [0.25, 0.3) is 0 Å². The van der Waals surface area contributed by atoms with Crippen molar-refractivity contribution in [2.45, 2.75) is 235 Å². The SMILES string of the molecule is CC1(C)CC2C3=CCC4[C@@]5(C)CC[C@H](O[C@@H]6CC(C(=O)O)[C@@H](O)[C@@H](O)C6O[C@@H]6OC(CO)[C@H](O)[C@@H](O)C6O[C@@H]6OC(CO)[C@@H](O)[C@@H](O)C6O)[C@](C)(CO)C5CC[C@@]4(C)[C@]3(C)CC[C@@]2(C)C(O[C@@H]2OC[C@H](O)[C@@H](O)C2O)C1O. The van der Waals surface area contributed by atoms with Crippen molar-refractivity contribution in [2.75, 3.05) is 26.4 Å². The van der Waals surface area contributed by atoms with Crippen molar-refractivity contribution < 1.29 is 115 Å². The van der Waals surface area contributed by atoms with Gasteiger partial charge >= 0.3 is 5.97 Å². The molecular weight excluding hydrogens is 1020 g/mol. The van der Waals surface area contributed by atoms with E-state index in [1.165, 1.54) is 5.57 Å². The zero-order chi connectivity index (χ0) is 56.4. The maximum Gasteiger partial charge on any atom is 0.309 e. The second-order valence-electron chi connectivity index (χ2n) is 26.4. The molecule has 15 N–H and O–H groups in total. The van der Waals surface area contributed by atoms with Crippen LogP contribution in [0.5, 0.6) is 0 Å². The summed E-state index contributed by atoms with van der Waals surface area (Å²) in [7, 11) is 0. The highest BCUT2D eigenvalue weighted by Gasteiger charge is 2.71. The molecular formula is C54H88O23. The van der Waals surface area contributed by atoms with E-state index in [0.29, 0.717) is 32.1 Å². The number of aliphatic hydroxyl groups is 14. The summed E-state index contributed by atoms with van der Waals surface area (Å²) in [4.78, 5) is 12.7. The van der Waals surface area contributed by atoms with E-state index in [-0.39, 0.29) is 47.2 Å². The number of aliphatic carboxylic acids is 1. The van der Waals surface area contributed by atoms with Crippen molar-refractivity contribution in [3.05, 3.63) is 11.6 Å². The summed E-state index contributed by atoms with van der Waals surface area (Å²) in [6, 6.07) is 0. The van der Waals surface area contributed by atoms with Gasteiger partial charge in [-0.15, -0.1) is 0 Å². The van der Waals surface area contributed by atoms with Gasteiger partial charge in [0.2, 0.25) is 0 Å². The molecule has 12 unspecified atom stereocenters. The number of allylic oxidation sites excluding steroid dienone is 2. The van der Waals surface area contributed by atoms with Crippen molar-refractivity contribution in [1.82, 2.24) is 0 Å². The van der Waals surface area contributed by atoms with E-state index < -0.39 is 177 Å². The van der Waals surface area contributed by atoms with Crippen LogP contribution in [0.2, 0.25) is 0 Å². The molecule has 0 aromatic rings. The first-order valence-electron chi connectivity index (χ1n) is 27.8. The van der Waals surface area contributed by atoms with Gasteiger partial charge in [0, 0.05) is 10.8 Å². The van der Waals surface area contributed by atoms with Crippen LogP contribution in [0.4, 0.5) is 0 Å². The molecule has 0 aromatic heterocycles. The number of carboxylic acid groups (broad SMARTS) is 1. The van der Waals surface area contributed by atoms with Crippen LogP contribution in [-0.2, 0) is 38.0 Å². The normalized spacial score (nSPS) is 55.7. The van der Waals surface area contributed by atoms with Gasteiger partial charge < -0.3 is 110 Å². The van der Waals surface area contributed by atoms with Crippen LogP contribution in [0.1, 0.15) is 106 Å². The number of carbonyl (C=O) groups is 1. The molecule has 3 saturated heterocycles. The molecule has 9 aliphatic rings. The van der Waals surface area contributed by atoms with E-state index in [2.05, 4.69) is 33.8 Å². The Morgan fingerprint density at radius 1 is 0.623 bits per heavy atom. The topological polar surface area (TPSA) is 385 Å². The van der Waals surface area contributed by atoms with E-state index in [0.717, 1.165) is 19.3 Å². The summed E-state index contributed by atoms with van der Waals surface area (Å²) >= 11 is 0. The largest absolute Gasteiger partial charge is 0.481 e. The Hall–Kier alpha value is -1.63. The summed E-state index contributed by atoms with van der Waals surface area (Å²) in [6.07, 6.45) is -25.5. The summed E-state index contributed by atoms with van der Waals surface area (Å²) in [5, 5.41) is 163. The second kappa shape index (κ2) is 21.5. The molecule has 0 aromatic carbocycles. The summed E-state index contributed by atoms with van der Waals surface area (Å²) in [5.74, 6) is -3.03. The van der Waals surface area contributed by atoms with E-state index in [1.807, 2.05) is 20.8 Å². The molecule has 23 heteroatoms. The Labute approximate surface area is 448 Å². The van der Waals surface area contributed by atoms with Crippen molar-refractivity contribution in [2.24, 2.45) is 56.2 Å². The Bertz CT molecular complexity index is 2130. The van der Waals surface area contributed by atoms with Gasteiger partial charge in [-0.3, -0.25) is 4.79 Å². The Morgan fingerprint density at radius 3 is 1.87 bits per heavy atom. The van der Waals surface area contributed by atoms with Crippen LogP contribution >= 0.6 is 0 Å². The zero-order valence-corrected chi connectivity index (χ0v) is 45.2. The Morgan fingerprint density at radius 2 is 1.23 bits per heavy atom. The lowest BCUT2D eigenvalue weighted by Crippen LogP contribution is -2.68. The van der Waals surface area contributed by atoms with E-state index in [9.17, 15) is 81.4 Å². The maximum absolute atomic E-state index is 12.7. The fourth-order valence-corrected chi connectivity index (χ4v) is 16.9. The van der Waals surface area contributed by atoms with Crippen LogP contribution in [0.3, 0.4) is 0 Å². The van der Waals surface area contributed by atoms with Crippen LogP contribution in [0, 0.1) is 56.2 Å². The molecule has 3 heterocycles. The fourth-order valence-electron chi connectivity index (χ4n) is 16.9. The fraction of sp³-hybridized carbons (Fsp3) is 0.944. The first kappa shape index (κ1) is 60.0. The second-order valence-corrected chi connectivity index (χ2v) is 26.4. The summed E-state index contributed by atoms with van der Waals surface area (Å²) in [5.41, 5.74) is -1.77. The molecule has 3 aliphatic heterocycles. The zero-order valence-electron chi connectivity index (χ0n) is 45.2. The minimum Gasteiger partial charge on any atom is -0.481 e. The van der Waals surface area contributed by atoms with Crippen LogP contribution in [0.15, 0.2) is 11.6 Å². The predicted molar refractivity (Wildman–Crippen MR) is 263 cm³/mol. The highest BCUT2D eigenvalue weighted by atomic mass is 16.8. The molecule has 6 aliphatic carbocycles. The third-order valence-electron chi connectivity index (χ3n) is 22.0. The number of hydrogen-bond donors (Lipinski definition) is 15. The van der Waals surface area contributed by atoms with Gasteiger partial charge in [0.15, 0.2) is 18.9 Å². The molecule has 0 amide bonds. The monoisotopic (exact) mass is 1100 g/mol. The lowest BCUT2D eigenvalue weighted by molar-refractivity contribution is -0.381. The molecule has 8 fully saturated rings. The highest BCUT2D eigenvalue weighted by Crippen LogP contribution is 2.76. The van der Waals surface area contributed by atoms with Gasteiger partial charge in [0.05, 0.1) is 62.9 Å². The lowest BCUT2D eigenvalue weighted by Gasteiger charge is -2.72. The first-order chi connectivity index (χ1) is 36.0. The van der Waals surface area contributed by atoms with Crippen LogP contribution in [-0.4, -0.2) is 238 Å². The minimum atomic E-state index is -1.98. The Kier molecular flexibility index (Phi) is 16.8. The summed E-state index contributed by atoms with van der Waals surface area (Å²) in [6.45, 7) is 13.0. The predicted octanol–water partition coefficient (Wildman–Crippen LogP) is -2.23. The van der Waals surface area contributed by atoms with E-state index in [1.54, 1.807) is 0 Å². The average Bonchev–Trinajstić information content (AvgIpc) is 3.52. The first-order valence-corrected chi connectivity index (χ1v) is 27.8. The number of rotatable bonds is 12. The molecule has 77 heavy (non-hydrogen) atoms. The third kappa shape index (κ3) is 9.51. The molecule has 0 radical (unpaired) electrons. The highest BCUT2D eigenvalue weighted by molar-refractivity contribution is 5.71. The smallest absolute Gasteiger partial charge is 0.309 e. The molecule has 0 spiro atoms. The van der Waals surface area contributed by atoms with E-state index in [4.69, 9.17) is 33.2 Å². The van der Waals surface area contributed by atoms with Gasteiger partial charge in [-0.1, -0.05) is 60.1 Å². The number of ether oxygens (including phenoxy) is 7. The van der Waals surface area contributed by atoms with Crippen molar-refractivity contribution in [3.8, 4) is 0 Å². The van der Waals surface area contributed by atoms with Gasteiger partial charge in [0.1, 0.15) is 79.4 Å². The summed E-state index contributed by atoms with van der Waals surface area (Å²) < 4.78 is 42.9. The minimum absolute atomic E-state index is 0.0263. The number of carboxylic acids is 1. The van der Waals surface area contributed by atoms with Crippen molar-refractivity contribution >= 4 is 5.97 Å². The molecule has 23 nitrogen and oxygen atoms in total. The molecule has 9 rings (SSSR count).